The minimum atomic E-state index is -5.31. The van der Waals surface area contributed by atoms with Crippen molar-refractivity contribution in [3.8, 4) is 5.88 Å². The summed E-state index contributed by atoms with van der Waals surface area (Å²) >= 11 is 2.75. The second-order valence-electron chi connectivity index (χ2n) is 3.75. The summed E-state index contributed by atoms with van der Waals surface area (Å²) in [6, 6.07) is 0.601. The van der Waals surface area contributed by atoms with E-state index in [1.54, 1.807) is 0 Å². The van der Waals surface area contributed by atoms with Crippen molar-refractivity contribution >= 4 is 21.9 Å². The predicted octanol–water partition coefficient (Wildman–Crippen LogP) is 4.07. The standard InChI is InChI=1S/C11H8BrF6NO3/c1-2-21-9(20)6-3-5(4-12)7(10(13,14)15)19-8(6)22-11(16,17)18/h3H,2,4H2,1H3. The quantitative estimate of drug-likeness (QED) is 0.438. The Bertz CT molecular complexity index is 558. The second-order valence-corrected chi connectivity index (χ2v) is 4.31. The highest BCUT2D eigenvalue weighted by Crippen LogP contribution is 2.36. The number of hydrogen-bond acceptors (Lipinski definition) is 4. The van der Waals surface area contributed by atoms with Crippen LogP contribution in [0.4, 0.5) is 26.3 Å². The molecule has 0 saturated carbocycles. The van der Waals surface area contributed by atoms with Gasteiger partial charge in [-0.1, -0.05) is 15.9 Å². The van der Waals surface area contributed by atoms with E-state index < -0.39 is 41.2 Å². The number of carbonyl (C=O) groups excluding carboxylic acids is 1. The summed E-state index contributed by atoms with van der Waals surface area (Å²) in [5.74, 6) is -2.78. The number of pyridine rings is 1. The van der Waals surface area contributed by atoms with Gasteiger partial charge in [-0.25, -0.2) is 9.78 Å². The first kappa shape index (κ1) is 18.5. The Labute approximate surface area is 128 Å². The SMILES string of the molecule is CCOC(=O)c1cc(CBr)c(C(F)(F)F)nc1OC(F)(F)F. The molecule has 0 aliphatic carbocycles. The molecule has 0 atom stereocenters. The van der Waals surface area contributed by atoms with Crippen LogP contribution in [0.15, 0.2) is 6.07 Å². The van der Waals surface area contributed by atoms with E-state index in [0.717, 1.165) is 0 Å². The smallest absolute Gasteiger partial charge is 0.462 e. The molecule has 0 saturated heterocycles. The average Bonchev–Trinajstić information content (AvgIpc) is 2.35. The molecule has 1 aromatic heterocycles. The van der Waals surface area contributed by atoms with Gasteiger partial charge in [-0.05, 0) is 18.6 Å². The fourth-order valence-electron chi connectivity index (χ4n) is 1.43. The Hall–Kier alpha value is -1.52. The zero-order chi connectivity index (χ0) is 17.1. The number of hydrogen-bond donors (Lipinski definition) is 0. The molecule has 0 aliphatic heterocycles. The first-order valence-corrected chi connectivity index (χ1v) is 6.71. The monoisotopic (exact) mass is 395 g/mol. The highest BCUT2D eigenvalue weighted by atomic mass is 79.9. The second kappa shape index (κ2) is 6.71. The third kappa shape index (κ3) is 4.75. The fraction of sp³-hybridized carbons (Fsp3) is 0.455. The number of nitrogens with zero attached hydrogens (tertiary/aromatic N) is 1. The molecule has 11 heteroatoms. The molecule has 0 N–H and O–H groups in total. The molecule has 1 aromatic rings. The van der Waals surface area contributed by atoms with Gasteiger partial charge in [0.15, 0.2) is 5.69 Å². The van der Waals surface area contributed by atoms with E-state index in [1.807, 2.05) is 0 Å². The number of rotatable bonds is 4. The molecule has 0 aromatic carbocycles. The van der Waals surface area contributed by atoms with Gasteiger partial charge in [-0.2, -0.15) is 13.2 Å². The van der Waals surface area contributed by atoms with E-state index >= 15 is 0 Å². The Kier molecular flexibility index (Phi) is 5.65. The third-order valence-corrected chi connectivity index (χ3v) is 2.79. The molecule has 4 nitrogen and oxygen atoms in total. The number of esters is 1. The van der Waals surface area contributed by atoms with Crippen molar-refractivity contribution < 1.29 is 40.6 Å². The van der Waals surface area contributed by atoms with E-state index in [0.29, 0.717) is 6.07 Å². The van der Waals surface area contributed by atoms with Gasteiger partial charge in [-0.3, -0.25) is 0 Å². The Morgan fingerprint density at radius 2 is 1.86 bits per heavy atom. The van der Waals surface area contributed by atoms with E-state index in [-0.39, 0.29) is 11.9 Å². The molecule has 1 rings (SSSR count). The molecule has 22 heavy (non-hydrogen) atoms. The molecule has 0 bridgehead atoms. The van der Waals surface area contributed by atoms with Crippen LogP contribution in [0.1, 0.15) is 28.5 Å². The van der Waals surface area contributed by atoms with Crippen LogP contribution in [-0.2, 0) is 16.2 Å². The molecular weight excluding hydrogens is 388 g/mol. The average molecular weight is 396 g/mol. The zero-order valence-electron chi connectivity index (χ0n) is 10.8. The van der Waals surface area contributed by atoms with Crippen molar-refractivity contribution in [1.29, 1.82) is 0 Å². The van der Waals surface area contributed by atoms with Gasteiger partial charge in [0.25, 0.3) is 0 Å². The van der Waals surface area contributed by atoms with Crippen LogP contribution in [-0.4, -0.2) is 23.9 Å². The molecule has 0 fully saturated rings. The Balaban J connectivity index is 3.50. The van der Waals surface area contributed by atoms with Gasteiger partial charge >= 0.3 is 18.5 Å². The Morgan fingerprint density at radius 3 is 2.27 bits per heavy atom. The van der Waals surface area contributed by atoms with Crippen LogP contribution in [0.5, 0.6) is 5.88 Å². The zero-order valence-corrected chi connectivity index (χ0v) is 12.4. The van der Waals surface area contributed by atoms with Crippen molar-refractivity contribution in [3.05, 3.63) is 22.9 Å². The van der Waals surface area contributed by atoms with Crippen molar-refractivity contribution in [3.63, 3.8) is 0 Å². The minimum Gasteiger partial charge on any atom is -0.462 e. The topological polar surface area (TPSA) is 48.4 Å². The molecule has 0 aliphatic rings. The summed E-state index contributed by atoms with van der Waals surface area (Å²) < 4.78 is 83.1. The Morgan fingerprint density at radius 1 is 1.27 bits per heavy atom. The summed E-state index contributed by atoms with van der Waals surface area (Å²) in [6.45, 7) is 1.19. The fourth-order valence-corrected chi connectivity index (χ4v) is 1.86. The lowest BCUT2D eigenvalue weighted by Crippen LogP contribution is -2.23. The maximum atomic E-state index is 12.8. The largest absolute Gasteiger partial charge is 0.574 e. The summed E-state index contributed by atoms with van der Waals surface area (Å²) in [5, 5.41) is -0.381. The number of aromatic nitrogens is 1. The summed E-state index contributed by atoms with van der Waals surface area (Å²) in [5.41, 5.74) is -2.96. The van der Waals surface area contributed by atoms with Gasteiger partial charge in [0.05, 0.1) is 6.61 Å². The van der Waals surface area contributed by atoms with E-state index in [9.17, 15) is 31.1 Å². The van der Waals surface area contributed by atoms with Crippen LogP contribution in [0.2, 0.25) is 0 Å². The normalized spacial score (nSPS) is 12.2. The van der Waals surface area contributed by atoms with E-state index in [4.69, 9.17) is 0 Å². The van der Waals surface area contributed by atoms with E-state index in [2.05, 4.69) is 30.4 Å². The maximum absolute atomic E-state index is 12.8. The first-order valence-electron chi connectivity index (χ1n) is 5.59. The van der Waals surface area contributed by atoms with Crippen molar-refractivity contribution in [2.75, 3.05) is 6.61 Å². The number of halogens is 7. The van der Waals surface area contributed by atoms with Crippen LogP contribution in [0, 0.1) is 0 Å². The number of carbonyl (C=O) groups is 1. The van der Waals surface area contributed by atoms with Crippen LogP contribution in [0.3, 0.4) is 0 Å². The van der Waals surface area contributed by atoms with Crippen LogP contribution < -0.4 is 4.74 Å². The van der Waals surface area contributed by atoms with Crippen LogP contribution >= 0.6 is 15.9 Å². The first-order chi connectivity index (χ1) is 9.99. The van der Waals surface area contributed by atoms with Gasteiger partial charge in [0.1, 0.15) is 5.56 Å². The van der Waals surface area contributed by atoms with E-state index in [1.165, 1.54) is 6.92 Å². The molecule has 0 spiro atoms. The van der Waals surface area contributed by atoms with Crippen molar-refractivity contribution in [2.24, 2.45) is 0 Å². The van der Waals surface area contributed by atoms with Gasteiger partial charge in [-0.15, -0.1) is 13.2 Å². The summed E-state index contributed by atoms with van der Waals surface area (Å²) in [6.07, 6.45) is -10.3. The highest BCUT2D eigenvalue weighted by molar-refractivity contribution is 9.08. The van der Waals surface area contributed by atoms with Crippen molar-refractivity contribution in [1.82, 2.24) is 4.98 Å². The molecule has 0 unspecified atom stereocenters. The number of alkyl halides is 7. The summed E-state index contributed by atoms with van der Waals surface area (Å²) in [4.78, 5) is 14.4. The van der Waals surface area contributed by atoms with Crippen LogP contribution in [0.25, 0.3) is 0 Å². The third-order valence-electron chi connectivity index (χ3n) is 2.19. The molecular formula is C11H8BrF6NO3. The highest BCUT2D eigenvalue weighted by Gasteiger charge is 2.40. The van der Waals surface area contributed by atoms with Gasteiger partial charge in [0, 0.05) is 5.33 Å². The lowest BCUT2D eigenvalue weighted by molar-refractivity contribution is -0.276. The van der Waals surface area contributed by atoms with Gasteiger partial charge < -0.3 is 9.47 Å². The lowest BCUT2D eigenvalue weighted by Gasteiger charge is -2.16. The molecule has 124 valence electrons. The maximum Gasteiger partial charge on any atom is 0.574 e. The molecule has 0 amide bonds. The number of ether oxygens (including phenoxy) is 2. The van der Waals surface area contributed by atoms with Gasteiger partial charge in [0.2, 0.25) is 5.88 Å². The predicted molar refractivity (Wildman–Crippen MR) is 64.5 cm³/mol. The van der Waals surface area contributed by atoms with Crippen molar-refractivity contribution in [2.45, 2.75) is 24.8 Å². The molecule has 0 radical (unpaired) electrons. The lowest BCUT2D eigenvalue weighted by atomic mass is 10.1. The molecule has 1 heterocycles. The minimum absolute atomic E-state index is 0.186. The summed E-state index contributed by atoms with van der Waals surface area (Å²) in [7, 11) is 0.